The van der Waals surface area contributed by atoms with E-state index in [1.807, 2.05) is 31.2 Å². The van der Waals surface area contributed by atoms with Crippen molar-refractivity contribution in [2.45, 2.75) is 45.6 Å². The van der Waals surface area contributed by atoms with E-state index in [-0.39, 0.29) is 5.78 Å². The lowest BCUT2D eigenvalue weighted by Gasteiger charge is -2.29. The van der Waals surface area contributed by atoms with Crippen LogP contribution in [0.4, 0.5) is 5.69 Å². The highest BCUT2D eigenvalue weighted by molar-refractivity contribution is 5.96. The molecule has 1 aliphatic heterocycles. The average Bonchev–Trinajstić information content (AvgIpc) is 2.48. The zero-order valence-corrected chi connectivity index (χ0v) is 12.7. The minimum Gasteiger partial charge on any atom is -0.381 e. The number of rotatable bonds is 6. The fourth-order valence-electron chi connectivity index (χ4n) is 2.82. The molecule has 1 atom stereocenters. The minimum atomic E-state index is 0.206. The first kappa shape index (κ1) is 15.0. The summed E-state index contributed by atoms with van der Waals surface area (Å²) in [4.78, 5) is 14.1. The Kier molecular flexibility index (Phi) is 5.60. The van der Waals surface area contributed by atoms with Gasteiger partial charge >= 0.3 is 0 Å². The molecule has 0 bridgehead atoms. The highest BCUT2D eigenvalue weighted by Crippen LogP contribution is 2.14. The van der Waals surface area contributed by atoms with Crippen LogP contribution in [0, 0.1) is 0 Å². The van der Waals surface area contributed by atoms with Gasteiger partial charge in [-0.3, -0.25) is 4.79 Å². The molecule has 0 amide bonds. The van der Waals surface area contributed by atoms with Gasteiger partial charge in [0.15, 0.2) is 5.78 Å². The third-order valence-corrected chi connectivity index (χ3v) is 3.92. The number of piperidine rings is 1. The van der Waals surface area contributed by atoms with E-state index >= 15 is 0 Å². The van der Waals surface area contributed by atoms with Crippen LogP contribution in [0.2, 0.25) is 0 Å². The molecule has 110 valence electrons. The summed E-state index contributed by atoms with van der Waals surface area (Å²) in [6.45, 7) is 7.68. The lowest BCUT2D eigenvalue weighted by molar-refractivity contribution is 0.0988. The number of likely N-dealkylation sites (tertiary alicyclic amines) is 1. The van der Waals surface area contributed by atoms with Crippen LogP contribution in [0.25, 0.3) is 0 Å². The molecule has 1 aromatic rings. The summed E-state index contributed by atoms with van der Waals surface area (Å²) < 4.78 is 0. The van der Waals surface area contributed by atoms with Crippen LogP contribution in [0.5, 0.6) is 0 Å². The van der Waals surface area contributed by atoms with E-state index in [1.165, 1.54) is 32.4 Å². The van der Waals surface area contributed by atoms with Crippen molar-refractivity contribution >= 4 is 11.5 Å². The van der Waals surface area contributed by atoms with Crippen LogP contribution in [0.15, 0.2) is 24.3 Å². The number of nitrogens with one attached hydrogen (secondary N) is 1. The van der Waals surface area contributed by atoms with Crippen molar-refractivity contribution in [3.05, 3.63) is 29.8 Å². The van der Waals surface area contributed by atoms with Gasteiger partial charge in [-0.2, -0.15) is 0 Å². The number of carbonyl (C=O) groups excluding carboxylic acids is 1. The lowest BCUT2D eigenvalue weighted by atomic mass is 10.1. The Balaban J connectivity index is 1.84. The summed E-state index contributed by atoms with van der Waals surface area (Å²) in [6, 6.07) is 8.29. The molecule has 1 heterocycles. The maximum atomic E-state index is 11.6. The number of Topliss-reactive ketones (excluding diaryl/α,β-unsaturated/α-hetero) is 1. The second kappa shape index (κ2) is 7.44. The Morgan fingerprint density at radius 3 is 2.45 bits per heavy atom. The Hall–Kier alpha value is -1.35. The van der Waals surface area contributed by atoms with Crippen LogP contribution >= 0.6 is 0 Å². The first-order valence-electron chi connectivity index (χ1n) is 7.81. The van der Waals surface area contributed by atoms with Gasteiger partial charge < -0.3 is 10.2 Å². The molecule has 1 N–H and O–H groups in total. The Morgan fingerprint density at radius 1 is 1.20 bits per heavy atom. The molecule has 0 saturated carbocycles. The van der Waals surface area contributed by atoms with Crippen LogP contribution in [-0.2, 0) is 0 Å². The first-order valence-corrected chi connectivity index (χ1v) is 7.81. The van der Waals surface area contributed by atoms with Gasteiger partial charge in [0.1, 0.15) is 0 Å². The number of hydrogen-bond acceptors (Lipinski definition) is 3. The van der Waals surface area contributed by atoms with Gasteiger partial charge in [0.05, 0.1) is 0 Å². The van der Waals surface area contributed by atoms with Gasteiger partial charge in [-0.15, -0.1) is 0 Å². The molecule has 0 aromatic heterocycles. The highest BCUT2D eigenvalue weighted by atomic mass is 16.1. The summed E-state index contributed by atoms with van der Waals surface area (Å²) in [5, 5.41) is 3.52. The van der Waals surface area contributed by atoms with E-state index in [9.17, 15) is 4.79 Å². The SMILES string of the molecule is CCC(=O)c1ccc(NC(C)CN2CCCCC2)cc1. The van der Waals surface area contributed by atoms with Gasteiger partial charge in [0.2, 0.25) is 0 Å². The van der Waals surface area contributed by atoms with E-state index < -0.39 is 0 Å². The molecular formula is C17H26N2O. The third kappa shape index (κ3) is 4.34. The summed E-state index contributed by atoms with van der Waals surface area (Å²) >= 11 is 0. The van der Waals surface area contributed by atoms with Crippen molar-refractivity contribution in [1.29, 1.82) is 0 Å². The van der Waals surface area contributed by atoms with Crippen LogP contribution in [0.3, 0.4) is 0 Å². The highest BCUT2D eigenvalue weighted by Gasteiger charge is 2.13. The monoisotopic (exact) mass is 274 g/mol. The first-order chi connectivity index (χ1) is 9.69. The Bertz CT molecular complexity index is 421. The molecule has 20 heavy (non-hydrogen) atoms. The molecule has 2 rings (SSSR count). The molecule has 1 fully saturated rings. The maximum absolute atomic E-state index is 11.6. The number of benzene rings is 1. The van der Waals surface area contributed by atoms with Crippen molar-refractivity contribution in [1.82, 2.24) is 4.90 Å². The molecule has 1 saturated heterocycles. The predicted octanol–water partition coefficient (Wildman–Crippen LogP) is 3.57. The van der Waals surface area contributed by atoms with Crippen molar-refractivity contribution in [2.24, 2.45) is 0 Å². The average molecular weight is 274 g/mol. The Morgan fingerprint density at radius 2 is 1.85 bits per heavy atom. The minimum absolute atomic E-state index is 0.206. The van der Waals surface area contributed by atoms with Gasteiger partial charge in [0, 0.05) is 30.3 Å². The van der Waals surface area contributed by atoms with E-state index in [0.29, 0.717) is 12.5 Å². The fourth-order valence-corrected chi connectivity index (χ4v) is 2.82. The van der Waals surface area contributed by atoms with Gasteiger partial charge in [-0.1, -0.05) is 13.3 Å². The predicted molar refractivity (Wildman–Crippen MR) is 84.4 cm³/mol. The number of hydrogen-bond donors (Lipinski definition) is 1. The second-order valence-electron chi connectivity index (χ2n) is 5.76. The zero-order valence-electron chi connectivity index (χ0n) is 12.7. The molecule has 1 aromatic carbocycles. The maximum Gasteiger partial charge on any atom is 0.162 e. The topological polar surface area (TPSA) is 32.3 Å². The molecular weight excluding hydrogens is 248 g/mol. The van der Waals surface area contributed by atoms with Gasteiger partial charge in [-0.25, -0.2) is 0 Å². The van der Waals surface area contributed by atoms with Crippen LogP contribution in [0.1, 0.15) is 49.9 Å². The normalized spacial score (nSPS) is 17.7. The number of carbonyl (C=O) groups is 1. The second-order valence-corrected chi connectivity index (χ2v) is 5.76. The van der Waals surface area contributed by atoms with Gasteiger partial charge in [0.25, 0.3) is 0 Å². The van der Waals surface area contributed by atoms with E-state index in [2.05, 4.69) is 17.1 Å². The summed E-state index contributed by atoms with van der Waals surface area (Å²) in [5.41, 5.74) is 1.91. The van der Waals surface area contributed by atoms with Crippen LogP contribution in [-0.4, -0.2) is 36.4 Å². The summed E-state index contributed by atoms with van der Waals surface area (Å²) in [6.07, 6.45) is 4.62. The molecule has 1 aliphatic rings. The molecule has 3 heteroatoms. The quantitative estimate of drug-likeness (QED) is 0.805. The van der Waals surface area contributed by atoms with E-state index in [1.54, 1.807) is 0 Å². The van der Waals surface area contributed by atoms with E-state index in [0.717, 1.165) is 17.8 Å². The summed E-state index contributed by atoms with van der Waals surface area (Å²) in [7, 11) is 0. The van der Waals surface area contributed by atoms with E-state index in [4.69, 9.17) is 0 Å². The zero-order chi connectivity index (χ0) is 14.4. The Labute approximate surface area is 122 Å². The third-order valence-electron chi connectivity index (χ3n) is 3.92. The summed E-state index contributed by atoms with van der Waals surface area (Å²) in [5.74, 6) is 0.206. The number of ketones is 1. The smallest absolute Gasteiger partial charge is 0.162 e. The van der Waals surface area contributed by atoms with Crippen LogP contribution < -0.4 is 5.32 Å². The molecule has 0 spiro atoms. The molecule has 0 aliphatic carbocycles. The lowest BCUT2D eigenvalue weighted by Crippen LogP contribution is -2.38. The van der Waals surface area contributed by atoms with Crippen molar-refractivity contribution < 1.29 is 4.79 Å². The standard InChI is InChI=1S/C17H26N2O/c1-3-17(20)15-7-9-16(10-8-15)18-14(2)13-19-11-5-4-6-12-19/h7-10,14,18H,3-6,11-13H2,1-2H3. The molecule has 1 unspecified atom stereocenters. The van der Waals surface area contributed by atoms with Crippen molar-refractivity contribution in [3.63, 3.8) is 0 Å². The number of nitrogens with zero attached hydrogens (tertiary/aromatic N) is 1. The molecule has 0 radical (unpaired) electrons. The fraction of sp³-hybridized carbons (Fsp3) is 0.588. The molecule has 3 nitrogen and oxygen atoms in total. The van der Waals surface area contributed by atoms with Crippen molar-refractivity contribution in [2.75, 3.05) is 25.0 Å². The largest absolute Gasteiger partial charge is 0.381 e. The number of anilines is 1. The van der Waals surface area contributed by atoms with Gasteiger partial charge in [-0.05, 0) is 57.1 Å². The van der Waals surface area contributed by atoms with Crippen molar-refractivity contribution in [3.8, 4) is 0 Å².